The minimum Gasteiger partial charge on any atom is -0.481 e. The maximum Gasteiger partial charge on any atom is 0.314 e. The van der Waals surface area contributed by atoms with Crippen molar-refractivity contribution in [1.29, 1.82) is 0 Å². The first kappa shape index (κ1) is 14.5. The van der Waals surface area contributed by atoms with Gasteiger partial charge in [-0.1, -0.05) is 25.0 Å². The molecule has 0 spiro atoms. The van der Waals surface area contributed by atoms with Crippen molar-refractivity contribution in [1.82, 2.24) is 10.6 Å². The van der Waals surface area contributed by atoms with Crippen molar-refractivity contribution in [3.05, 3.63) is 12.2 Å². The Labute approximate surface area is 108 Å². The molecule has 0 aromatic carbocycles. The second kappa shape index (κ2) is 7.03. The van der Waals surface area contributed by atoms with E-state index < -0.39 is 11.4 Å². The Hall–Kier alpha value is -1.52. The Bertz CT molecular complexity index is 320. The third-order valence-electron chi connectivity index (χ3n) is 3.43. The van der Waals surface area contributed by atoms with Crippen LogP contribution >= 0.6 is 0 Å². The summed E-state index contributed by atoms with van der Waals surface area (Å²) in [6.07, 6.45) is 7.84. The Morgan fingerprint density at radius 3 is 2.50 bits per heavy atom. The van der Waals surface area contributed by atoms with Crippen molar-refractivity contribution in [3.63, 3.8) is 0 Å². The van der Waals surface area contributed by atoms with Crippen LogP contribution in [0.4, 0.5) is 4.79 Å². The third kappa shape index (κ3) is 4.05. The van der Waals surface area contributed by atoms with Crippen LogP contribution in [0.25, 0.3) is 0 Å². The lowest BCUT2D eigenvalue weighted by atomic mass is 9.86. The molecule has 5 heteroatoms. The molecule has 0 aliphatic heterocycles. The molecule has 18 heavy (non-hydrogen) atoms. The lowest BCUT2D eigenvalue weighted by Gasteiger charge is -2.23. The average molecular weight is 254 g/mol. The zero-order chi connectivity index (χ0) is 13.4. The molecule has 1 aliphatic carbocycles. The molecule has 102 valence electrons. The van der Waals surface area contributed by atoms with Gasteiger partial charge in [0.05, 0.1) is 5.41 Å². The van der Waals surface area contributed by atoms with Gasteiger partial charge in [-0.2, -0.15) is 0 Å². The van der Waals surface area contributed by atoms with Crippen molar-refractivity contribution in [2.24, 2.45) is 5.41 Å². The maximum atomic E-state index is 11.5. The van der Waals surface area contributed by atoms with Crippen molar-refractivity contribution >= 4 is 12.0 Å². The molecule has 0 radical (unpaired) electrons. The number of amides is 2. The van der Waals surface area contributed by atoms with E-state index in [0.717, 1.165) is 19.3 Å². The van der Waals surface area contributed by atoms with Gasteiger partial charge in [0, 0.05) is 13.1 Å². The van der Waals surface area contributed by atoms with Crippen molar-refractivity contribution in [2.45, 2.75) is 39.0 Å². The zero-order valence-electron chi connectivity index (χ0n) is 10.9. The summed E-state index contributed by atoms with van der Waals surface area (Å²) in [5.74, 6) is -0.797. The SMILES string of the molecule is C/C=C/CCNC(=O)NCC1(C(=O)O)CCCC1. The number of allylic oxidation sites excluding steroid dienone is 1. The molecule has 3 N–H and O–H groups in total. The quantitative estimate of drug-likeness (QED) is 0.500. The second-order valence-electron chi connectivity index (χ2n) is 4.76. The summed E-state index contributed by atoms with van der Waals surface area (Å²) >= 11 is 0. The molecule has 0 atom stereocenters. The number of hydrogen-bond donors (Lipinski definition) is 3. The van der Waals surface area contributed by atoms with Gasteiger partial charge < -0.3 is 15.7 Å². The van der Waals surface area contributed by atoms with Gasteiger partial charge in [-0.3, -0.25) is 4.79 Å². The molecule has 2 amide bonds. The van der Waals surface area contributed by atoms with Gasteiger partial charge in [-0.25, -0.2) is 4.79 Å². The second-order valence-corrected chi connectivity index (χ2v) is 4.76. The molecule has 5 nitrogen and oxygen atoms in total. The van der Waals surface area contributed by atoms with Gasteiger partial charge in [-0.15, -0.1) is 0 Å². The van der Waals surface area contributed by atoms with Crippen LogP contribution in [-0.4, -0.2) is 30.2 Å². The van der Waals surface area contributed by atoms with Gasteiger partial charge in [0.15, 0.2) is 0 Å². The van der Waals surface area contributed by atoms with E-state index in [2.05, 4.69) is 10.6 Å². The molecule has 1 saturated carbocycles. The first-order valence-electron chi connectivity index (χ1n) is 6.47. The van der Waals surface area contributed by atoms with Crippen LogP contribution in [0.2, 0.25) is 0 Å². The number of carboxylic acid groups (broad SMARTS) is 1. The molecule has 0 aromatic heterocycles. The predicted octanol–water partition coefficient (Wildman–Crippen LogP) is 1.90. The van der Waals surface area contributed by atoms with Gasteiger partial charge in [-0.05, 0) is 26.2 Å². The fourth-order valence-electron chi connectivity index (χ4n) is 2.27. The van der Waals surface area contributed by atoms with E-state index in [1.54, 1.807) is 0 Å². The highest BCUT2D eigenvalue weighted by molar-refractivity contribution is 5.78. The molecule has 1 fully saturated rings. The fourth-order valence-corrected chi connectivity index (χ4v) is 2.27. The minimum absolute atomic E-state index is 0.220. The van der Waals surface area contributed by atoms with Crippen molar-refractivity contribution in [3.8, 4) is 0 Å². The molecule has 0 bridgehead atoms. The maximum absolute atomic E-state index is 11.5. The summed E-state index contributed by atoms with van der Waals surface area (Å²) < 4.78 is 0. The highest BCUT2D eigenvalue weighted by Gasteiger charge is 2.41. The van der Waals surface area contributed by atoms with Crippen LogP contribution in [0.15, 0.2) is 12.2 Å². The van der Waals surface area contributed by atoms with Crippen LogP contribution in [0.5, 0.6) is 0 Å². The Morgan fingerprint density at radius 1 is 1.28 bits per heavy atom. The molecular weight excluding hydrogens is 232 g/mol. The smallest absolute Gasteiger partial charge is 0.314 e. The highest BCUT2D eigenvalue weighted by Crippen LogP contribution is 2.37. The van der Waals surface area contributed by atoms with E-state index in [9.17, 15) is 14.7 Å². The van der Waals surface area contributed by atoms with Crippen LogP contribution in [0.3, 0.4) is 0 Å². The monoisotopic (exact) mass is 254 g/mol. The van der Waals surface area contributed by atoms with E-state index in [1.807, 2.05) is 19.1 Å². The lowest BCUT2D eigenvalue weighted by molar-refractivity contribution is -0.148. The summed E-state index contributed by atoms with van der Waals surface area (Å²) in [6, 6.07) is -0.285. The number of aliphatic carboxylic acids is 1. The zero-order valence-corrected chi connectivity index (χ0v) is 10.9. The molecule has 0 heterocycles. The van der Waals surface area contributed by atoms with E-state index in [0.29, 0.717) is 19.4 Å². The number of carbonyl (C=O) groups excluding carboxylic acids is 1. The topological polar surface area (TPSA) is 78.4 Å². The van der Waals surface area contributed by atoms with E-state index in [1.165, 1.54) is 0 Å². The summed E-state index contributed by atoms with van der Waals surface area (Å²) in [7, 11) is 0. The number of carbonyl (C=O) groups is 2. The van der Waals surface area contributed by atoms with Gasteiger partial charge >= 0.3 is 12.0 Å². The first-order chi connectivity index (χ1) is 8.60. The normalized spacial score (nSPS) is 17.8. The molecule has 1 aliphatic rings. The predicted molar refractivity (Wildman–Crippen MR) is 69.4 cm³/mol. The van der Waals surface area contributed by atoms with Gasteiger partial charge in [0.2, 0.25) is 0 Å². The molecule has 0 aromatic rings. The lowest BCUT2D eigenvalue weighted by Crippen LogP contribution is -2.45. The molecular formula is C13H22N2O3. The van der Waals surface area contributed by atoms with Crippen LogP contribution < -0.4 is 10.6 Å². The van der Waals surface area contributed by atoms with Crippen LogP contribution in [-0.2, 0) is 4.79 Å². The van der Waals surface area contributed by atoms with Crippen molar-refractivity contribution < 1.29 is 14.7 Å². The largest absolute Gasteiger partial charge is 0.481 e. The van der Waals surface area contributed by atoms with Crippen molar-refractivity contribution in [2.75, 3.05) is 13.1 Å². The number of nitrogens with one attached hydrogen (secondary N) is 2. The summed E-state index contributed by atoms with van der Waals surface area (Å²) in [4.78, 5) is 22.7. The van der Waals surface area contributed by atoms with Gasteiger partial charge in [0.1, 0.15) is 0 Å². The van der Waals surface area contributed by atoms with E-state index >= 15 is 0 Å². The van der Waals surface area contributed by atoms with Crippen LogP contribution in [0, 0.1) is 5.41 Å². The molecule has 1 rings (SSSR count). The van der Waals surface area contributed by atoms with E-state index in [4.69, 9.17) is 0 Å². The number of hydrogen-bond acceptors (Lipinski definition) is 2. The average Bonchev–Trinajstić information content (AvgIpc) is 2.82. The van der Waals surface area contributed by atoms with E-state index in [-0.39, 0.29) is 12.6 Å². The number of carboxylic acids is 1. The Kier molecular flexibility index (Phi) is 5.68. The summed E-state index contributed by atoms with van der Waals surface area (Å²) in [5.41, 5.74) is -0.749. The minimum atomic E-state index is -0.797. The highest BCUT2D eigenvalue weighted by atomic mass is 16.4. The number of urea groups is 1. The summed E-state index contributed by atoms with van der Waals surface area (Å²) in [6.45, 7) is 2.71. The Balaban J connectivity index is 2.30. The number of rotatable bonds is 6. The third-order valence-corrected chi connectivity index (χ3v) is 3.43. The molecule has 0 saturated heterocycles. The first-order valence-corrected chi connectivity index (χ1v) is 6.47. The Morgan fingerprint density at radius 2 is 1.94 bits per heavy atom. The van der Waals surface area contributed by atoms with Gasteiger partial charge in [0.25, 0.3) is 0 Å². The summed E-state index contributed by atoms with van der Waals surface area (Å²) in [5, 5.41) is 14.6. The molecule has 0 unspecified atom stereocenters. The van der Waals surface area contributed by atoms with Crippen LogP contribution in [0.1, 0.15) is 39.0 Å². The fraction of sp³-hybridized carbons (Fsp3) is 0.692. The standard InChI is InChI=1S/C13H22N2O3/c1-2-3-6-9-14-12(18)15-10-13(11(16)17)7-4-5-8-13/h2-3H,4-10H2,1H3,(H,16,17)(H2,14,15,18)/b3-2+.